The van der Waals surface area contributed by atoms with E-state index in [4.69, 9.17) is 5.11 Å². The molecule has 1 saturated carbocycles. The first-order valence-electron chi connectivity index (χ1n) is 4.19. The van der Waals surface area contributed by atoms with Crippen LogP contribution in [0, 0.1) is 5.41 Å². The van der Waals surface area contributed by atoms with E-state index in [1.165, 1.54) is 25.7 Å². The summed E-state index contributed by atoms with van der Waals surface area (Å²) in [5.41, 5.74) is 0.618. The largest absolute Gasteiger partial charge is 0.395 e. The van der Waals surface area contributed by atoms with Gasteiger partial charge in [-0.25, -0.2) is 0 Å². The summed E-state index contributed by atoms with van der Waals surface area (Å²) in [5, 5.41) is 12.2. The molecule has 0 radical (unpaired) electrons. The van der Waals surface area contributed by atoms with Crippen molar-refractivity contribution in [2.24, 2.45) is 5.41 Å². The fourth-order valence-corrected chi connectivity index (χ4v) is 2.21. The Morgan fingerprint density at radius 3 is 2.60 bits per heavy atom. The minimum atomic E-state index is 0.321. The Labute approximate surface area is 61.6 Å². The monoisotopic (exact) mass is 141 g/mol. The van der Waals surface area contributed by atoms with Crippen molar-refractivity contribution in [2.45, 2.75) is 31.7 Å². The molecule has 1 unspecified atom stereocenters. The summed E-state index contributed by atoms with van der Waals surface area (Å²) in [4.78, 5) is 0. The Bertz CT molecular complexity index is 131. The van der Waals surface area contributed by atoms with Crippen LogP contribution in [0.5, 0.6) is 0 Å². The lowest BCUT2D eigenvalue weighted by Gasteiger charge is -2.37. The molecule has 1 spiro atoms. The van der Waals surface area contributed by atoms with Crippen LogP contribution in [0.3, 0.4) is 0 Å². The van der Waals surface area contributed by atoms with Gasteiger partial charge >= 0.3 is 0 Å². The van der Waals surface area contributed by atoms with Gasteiger partial charge in [-0.3, -0.25) is 0 Å². The third-order valence-corrected chi connectivity index (χ3v) is 3.08. The number of rotatable bonds is 1. The standard InChI is InChI=1S/C8H15NO/c10-5-7-4-8(6-9-7)2-1-3-8/h7,9-10H,1-6H2. The zero-order valence-corrected chi connectivity index (χ0v) is 6.27. The summed E-state index contributed by atoms with van der Waals surface area (Å²) in [7, 11) is 0. The van der Waals surface area contributed by atoms with Crippen molar-refractivity contribution in [2.75, 3.05) is 13.2 Å². The second kappa shape index (κ2) is 2.21. The van der Waals surface area contributed by atoms with Gasteiger partial charge in [0.15, 0.2) is 0 Å². The molecule has 0 amide bonds. The minimum Gasteiger partial charge on any atom is -0.395 e. The molecule has 2 nitrogen and oxygen atoms in total. The minimum absolute atomic E-state index is 0.321. The summed E-state index contributed by atoms with van der Waals surface area (Å²) in [6.07, 6.45) is 5.39. The van der Waals surface area contributed by atoms with Gasteiger partial charge in [0.05, 0.1) is 6.61 Å². The average Bonchev–Trinajstić information content (AvgIpc) is 2.29. The Kier molecular flexibility index (Phi) is 1.46. The quantitative estimate of drug-likeness (QED) is 0.557. The fraction of sp³-hybridized carbons (Fsp3) is 1.00. The van der Waals surface area contributed by atoms with E-state index in [0.29, 0.717) is 18.1 Å². The van der Waals surface area contributed by atoms with E-state index in [-0.39, 0.29) is 0 Å². The molecule has 2 rings (SSSR count). The van der Waals surface area contributed by atoms with Gasteiger partial charge in [0.25, 0.3) is 0 Å². The third kappa shape index (κ3) is 0.867. The molecule has 58 valence electrons. The highest BCUT2D eigenvalue weighted by molar-refractivity contribution is 4.98. The lowest BCUT2D eigenvalue weighted by atomic mass is 9.68. The highest BCUT2D eigenvalue weighted by Gasteiger charge is 2.42. The molecular formula is C8H15NO. The number of nitrogens with one attached hydrogen (secondary N) is 1. The van der Waals surface area contributed by atoms with Crippen LogP contribution in [0.4, 0.5) is 0 Å². The second-order valence-electron chi connectivity index (χ2n) is 3.82. The van der Waals surface area contributed by atoms with Gasteiger partial charge in [0.1, 0.15) is 0 Å². The van der Waals surface area contributed by atoms with Crippen molar-refractivity contribution in [1.29, 1.82) is 0 Å². The van der Waals surface area contributed by atoms with Gasteiger partial charge in [-0.05, 0) is 24.7 Å². The van der Waals surface area contributed by atoms with E-state index in [2.05, 4.69) is 5.32 Å². The van der Waals surface area contributed by atoms with Gasteiger partial charge < -0.3 is 10.4 Å². The molecular weight excluding hydrogens is 126 g/mol. The maximum absolute atomic E-state index is 8.86. The summed E-state index contributed by atoms with van der Waals surface area (Å²) in [6, 6.07) is 0.403. The van der Waals surface area contributed by atoms with E-state index >= 15 is 0 Å². The first-order valence-corrected chi connectivity index (χ1v) is 4.19. The first kappa shape index (κ1) is 6.62. The Hall–Kier alpha value is -0.0800. The Balaban J connectivity index is 1.92. The SMILES string of the molecule is OCC1CC2(CCC2)CN1. The summed E-state index contributed by atoms with van der Waals surface area (Å²) in [5.74, 6) is 0. The molecule has 1 saturated heterocycles. The van der Waals surface area contributed by atoms with Crippen molar-refractivity contribution in [3.05, 3.63) is 0 Å². The van der Waals surface area contributed by atoms with E-state index in [1.807, 2.05) is 0 Å². The zero-order valence-electron chi connectivity index (χ0n) is 6.27. The lowest BCUT2D eigenvalue weighted by molar-refractivity contribution is 0.150. The van der Waals surface area contributed by atoms with Gasteiger partial charge in [0.2, 0.25) is 0 Å². The summed E-state index contributed by atoms with van der Waals surface area (Å²) >= 11 is 0. The molecule has 2 fully saturated rings. The normalized spacial score (nSPS) is 36.3. The van der Waals surface area contributed by atoms with Crippen molar-refractivity contribution in [1.82, 2.24) is 5.32 Å². The molecule has 0 bridgehead atoms. The predicted molar refractivity (Wildman–Crippen MR) is 39.8 cm³/mol. The summed E-state index contributed by atoms with van der Waals surface area (Å²) in [6.45, 7) is 1.47. The second-order valence-corrected chi connectivity index (χ2v) is 3.82. The molecule has 0 aromatic carbocycles. The van der Waals surface area contributed by atoms with Crippen molar-refractivity contribution < 1.29 is 5.11 Å². The summed E-state index contributed by atoms with van der Waals surface area (Å²) < 4.78 is 0. The highest BCUT2D eigenvalue weighted by atomic mass is 16.3. The van der Waals surface area contributed by atoms with Crippen LogP contribution in [0.2, 0.25) is 0 Å². The molecule has 2 N–H and O–H groups in total. The van der Waals surface area contributed by atoms with Crippen molar-refractivity contribution in [3.8, 4) is 0 Å². The predicted octanol–water partition coefficient (Wildman–Crippen LogP) is 0.511. The third-order valence-electron chi connectivity index (χ3n) is 3.08. The van der Waals surface area contributed by atoms with Crippen LogP contribution in [-0.4, -0.2) is 24.3 Å². The fourth-order valence-electron chi connectivity index (χ4n) is 2.21. The molecule has 10 heavy (non-hydrogen) atoms. The van der Waals surface area contributed by atoms with Crippen LogP contribution in [0.25, 0.3) is 0 Å². The first-order chi connectivity index (χ1) is 4.85. The molecule has 1 heterocycles. The number of hydrogen-bond acceptors (Lipinski definition) is 2. The molecule has 0 aromatic heterocycles. The molecule has 1 aliphatic carbocycles. The van der Waals surface area contributed by atoms with E-state index in [9.17, 15) is 0 Å². The number of aliphatic hydroxyl groups is 1. The Morgan fingerprint density at radius 2 is 2.30 bits per heavy atom. The van der Waals surface area contributed by atoms with Crippen LogP contribution in [0.1, 0.15) is 25.7 Å². The highest BCUT2D eigenvalue weighted by Crippen LogP contribution is 2.46. The lowest BCUT2D eigenvalue weighted by Crippen LogP contribution is -2.31. The molecule has 2 heteroatoms. The van der Waals surface area contributed by atoms with Crippen LogP contribution in [-0.2, 0) is 0 Å². The van der Waals surface area contributed by atoms with Crippen molar-refractivity contribution in [3.63, 3.8) is 0 Å². The van der Waals surface area contributed by atoms with Crippen molar-refractivity contribution >= 4 is 0 Å². The van der Waals surface area contributed by atoms with E-state index in [0.717, 1.165) is 6.54 Å². The van der Waals surface area contributed by atoms with E-state index in [1.54, 1.807) is 0 Å². The van der Waals surface area contributed by atoms with Crippen LogP contribution >= 0.6 is 0 Å². The van der Waals surface area contributed by atoms with Gasteiger partial charge in [-0.1, -0.05) is 6.42 Å². The topological polar surface area (TPSA) is 32.3 Å². The zero-order chi connectivity index (χ0) is 7.03. The maximum Gasteiger partial charge on any atom is 0.0584 e. The Morgan fingerprint density at radius 1 is 1.50 bits per heavy atom. The molecule has 1 atom stereocenters. The van der Waals surface area contributed by atoms with Gasteiger partial charge in [-0.2, -0.15) is 0 Å². The van der Waals surface area contributed by atoms with Crippen LogP contribution in [0.15, 0.2) is 0 Å². The van der Waals surface area contributed by atoms with Gasteiger partial charge in [0, 0.05) is 12.6 Å². The molecule has 0 aromatic rings. The van der Waals surface area contributed by atoms with Crippen LogP contribution < -0.4 is 5.32 Å². The number of hydrogen-bond donors (Lipinski definition) is 2. The molecule has 2 aliphatic rings. The smallest absolute Gasteiger partial charge is 0.0584 e. The van der Waals surface area contributed by atoms with E-state index < -0.39 is 0 Å². The maximum atomic E-state index is 8.86. The molecule has 1 aliphatic heterocycles. The average molecular weight is 141 g/mol. The van der Waals surface area contributed by atoms with Gasteiger partial charge in [-0.15, -0.1) is 0 Å². The number of aliphatic hydroxyl groups excluding tert-OH is 1.